The van der Waals surface area contributed by atoms with E-state index in [-0.39, 0.29) is 5.91 Å². The molecule has 0 radical (unpaired) electrons. The molecule has 1 unspecified atom stereocenters. The predicted molar refractivity (Wildman–Crippen MR) is 97.4 cm³/mol. The highest BCUT2D eigenvalue weighted by atomic mass is 16.2. The van der Waals surface area contributed by atoms with E-state index in [2.05, 4.69) is 36.4 Å². The summed E-state index contributed by atoms with van der Waals surface area (Å²) < 4.78 is 0. The number of benzene rings is 2. The molecule has 1 atom stereocenters. The Morgan fingerprint density at radius 1 is 0.792 bits per heavy atom. The first kappa shape index (κ1) is 15.4. The molecule has 24 heavy (non-hydrogen) atoms. The van der Waals surface area contributed by atoms with Gasteiger partial charge in [0.1, 0.15) is 0 Å². The van der Waals surface area contributed by atoms with Crippen LogP contribution in [-0.4, -0.2) is 23.9 Å². The van der Waals surface area contributed by atoms with Gasteiger partial charge in [0, 0.05) is 24.6 Å². The van der Waals surface area contributed by atoms with Crippen LogP contribution in [0.1, 0.15) is 65.4 Å². The number of likely N-dealkylation sites (tertiary alicyclic amines) is 1. The Kier molecular flexibility index (Phi) is 4.38. The van der Waals surface area contributed by atoms with Crippen molar-refractivity contribution in [2.45, 2.75) is 43.9 Å². The van der Waals surface area contributed by atoms with Crippen LogP contribution in [0.3, 0.4) is 0 Å². The molecule has 2 heteroatoms. The minimum Gasteiger partial charge on any atom is -0.338 e. The maximum absolute atomic E-state index is 12.8. The lowest BCUT2D eigenvalue weighted by Gasteiger charge is -2.17. The first-order chi connectivity index (χ1) is 11.8. The summed E-state index contributed by atoms with van der Waals surface area (Å²) in [6, 6.07) is 19.0. The predicted octanol–water partition coefficient (Wildman–Crippen LogP) is 4.97. The van der Waals surface area contributed by atoms with Gasteiger partial charge in [-0.25, -0.2) is 0 Å². The molecule has 1 amide bonds. The maximum Gasteiger partial charge on any atom is 0.253 e. The molecular formula is C22H25NO. The number of carbonyl (C=O) groups is 1. The molecule has 2 aromatic carbocycles. The first-order valence-corrected chi connectivity index (χ1v) is 9.25. The summed E-state index contributed by atoms with van der Waals surface area (Å²) in [5, 5.41) is 0. The molecule has 1 saturated carbocycles. The van der Waals surface area contributed by atoms with Gasteiger partial charge in [0.05, 0.1) is 0 Å². The molecular weight excluding hydrogens is 294 g/mol. The van der Waals surface area contributed by atoms with E-state index in [1.54, 1.807) is 0 Å². The number of hydrogen-bond donors (Lipinski definition) is 0. The zero-order valence-corrected chi connectivity index (χ0v) is 14.2. The van der Waals surface area contributed by atoms with Gasteiger partial charge in [-0.15, -0.1) is 0 Å². The summed E-state index contributed by atoms with van der Waals surface area (Å²) in [6.07, 6.45) is 6.37. The number of rotatable bonds is 3. The average molecular weight is 319 g/mol. The normalized spacial score (nSPS) is 21.3. The van der Waals surface area contributed by atoms with Gasteiger partial charge in [-0.05, 0) is 48.4 Å². The van der Waals surface area contributed by atoms with E-state index in [1.165, 1.54) is 36.8 Å². The molecule has 2 fully saturated rings. The fourth-order valence-corrected chi connectivity index (χ4v) is 4.28. The van der Waals surface area contributed by atoms with Crippen LogP contribution in [0.5, 0.6) is 0 Å². The largest absolute Gasteiger partial charge is 0.338 e. The second-order valence-electron chi connectivity index (χ2n) is 7.25. The van der Waals surface area contributed by atoms with Crippen LogP contribution in [0, 0.1) is 0 Å². The van der Waals surface area contributed by atoms with E-state index >= 15 is 0 Å². The Hall–Kier alpha value is -2.09. The third-order valence-electron chi connectivity index (χ3n) is 5.73. The highest BCUT2D eigenvalue weighted by molar-refractivity contribution is 5.94. The molecule has 0 N–H and O–H groups in total. The van der Waals surface area contributed by atoms with Gasteiger partial charge in [-0.1, -0.05) is 55.3 Å². The second kappa shape index (κ2) is 6.80. The minimum atomic E-state index is 0.186. The van der Waals surface area contributed by atoms with Crippen LogP contribution in [0.2, 0.25) is 0 Å². The van der Waals surface area contributed by atoms with Crippen molar-refractivity contribution in [3.05, 3.63) is 71.3 Å². The van der Waals surface area contributed by atoms with Crippen LogP contribution in [0.25, 0.3) is 0 Å². The molecule has 2 aliphatic rings. The van der Waals surface area contributed by atoms with E-state index in [0.29, 0.717) is 11.8 Å². The van der Waals surface area contributed by atoms with E-state index in [0.717, 1.165) is 25.1 Å². The van der Waals surface area contributed by atoms with Crippen LogP contribution in [0.15, 0.2) is 54.6 Å². The standard InChI is InChI=1S/C22H25NO/c24-22(20-12-10-19(11-13-20)17-8-4-5-9-17)23-15-14-21(16-23)18-6-2-1-3-7-18/h1-3,6-7,10-13,17,21H,4-5,8-9,14-16H2. The summed E-state index contributed by atoms with van der Waals surface area (Å²) >= 11 is 0. The fourth-order valence-electron chi connectivity index (χ4n) is 4.28. The fraction of sp³-hybridized carbons (Fsp3) is 0.409. The molecule has 4 rings (SSSR count). The van der Waals surface area contributed by atoms with E-state index in [4.69, 9.17) is 0 Å². The van der Waals surface area contributed by atoms with Gasteiger partial charge >= 0.3 is 0 Å². The molecule has 0 spiro atoms. The topological polar surface area (TPSA) is 20.3 Å². The van der Waals surface area contributed by atoms with Crippen molar-refractivity contribution in [2.24, 2.45) is 0 Å². The molecule has 2 aromatic rings. The average Bonchev–Trinajstić information content (AvgIpc) is 3.34. The number of nitrogens with zero attached hydrogens (tertiary/aromatic N) is 1. The summed E-state index contributed by atoms with van der Waals surface area (Å²) in [6.45, 7) is 1.70. The van der Waals surface area contributed by atoms with E-state index < -0.39 is 0 Å². The van der Waals surface area contributed by atoms with Crippen molar-refractivity contribution >= 4 is 5.91 Å². The minimum absolute atomic E-state index is 0.186. The Morgan fingerprint density at radius 3 is 2.17 bits per heavy atom. The Morgan fingerprint density at radius 2 is 1.46 bits per heavy atom. The molecule has 1 aliphatic heterocycles. The lowest BCUT2D eigenvalue weighted by molar-refractivity contribution is 0.0791. The Bertz CT molecular complexity index is 686. The van der Waals surface area contributed by atoms with Crippen LogP contribution >= 0.6 is 0 Å². The van der Waals surface area contributed by atoms with Crippen molar-refractivity contribution < 1.29 is 4.79 Å². The summed E-state index contributed by atoms with van der Waals surface area (Å²) in [5.41, 5.74) is 3.60. The zero-order chi connectivity index (χ0) is 16.4. The highest BCUT2D eigenvalue weighted by Gasteiger charge is 2.28. The molecule has 1 heterocycles. The Labute approximate surface area is 144 Å². The number of amides is 1. The van der Waals surface area contributed by atoms with Gasteiger partial charge in [-0.2, -0.15) is 0 Å². The molecule has 1 saturated heterocycles. The maximum atomic E-state index is 12.8. The summed E-state index contributed by atoms with van der Waals surface area (Å²) in [7, 11) is 0. The molecule has 1 aliphatic carbocycles. The monoisotopic (exact) mass is 319 g/mol. The summed E-state index contributed by atoms with van der Waals surface area (Å²) in [5.74, 6) is 1.38. The third kappa shape index (κ3) is 3.10. The van der Waals surface area contributed by atoms with Gasteiger partial charge in [0.25, 0.3) is 5.91 Å². The van der Waals surface area contributed by atoms with Gasteiger partial charge < -0.3 is 4.90 Å². The van der Waals surface area contributed by atoms with E-state index in [9.17, 15) is 4.79 Å². The summed E-state index contributed by atoms with van der Waals surface area (Å²) in [4.78, 5) is 14.8. The molecule has 2 nitrogen and oxygen atoms in total. The van der Waals surface area contributed by atoms with Crippen LogP contribution < -0.4 is 0 Å². The molecule has 0 aromatic heterocycles. The van der Waals surface area contributed by atoms with E-state index in [1.807, 2.05) is 23.1 Å². The Balaban J connectivity index is 1.42. The van der Waals surface area contributed by atoms with Crippen molar-refractivity contribution in [1.82, 2.24) is 4.90 Å². The molecule has 0 bridgehead atoms. The highest BCUT2D eigenvalue weighted by Crippen LogP contribution is 2.34. The molecule has 124 valence electrons. The van der Waals surface area contributed by atoms with Crippen LogP contribution in [-0.2, 0) is 0 Å². The van der Waals surface area contributed by atoms with Crippen molar-refractivity contribution in [3.63, 3.8) is 0 Å². The van der Waals surface area contributed by atoms with Crippen LogP contribution in [0.4, 0.5) is 0 Å². The van der Waals surface area contributed by atoms with Gasteiger partial charge in [0.15, 0.2) is 0 Å². The van der Waals surface area contributed by atoms with Gasteiger partial charge in [0.2, 0.25) is 0 Å². The first-order valence-electron chi connectivity index (χ1n) is 9.25. The lowest BCUT2D eigenvalue weighted by Crippen LogP contribution is -2.28. The second-order valence-corrected chi connectivity index (χ2v) is 7.25. The lowest BCUT2D eigenvalue weighted by atomic mass is 9.96. The number of carbonyl (C=O) groups excluding carboxylic acids is 1. The third-order valence-corrected chi connectivity index (χ3v) is 5.73. The number of hydrogen-bond acceptors (Lipinski definition) is 1. The SMILES string of the molecule is O=C(c1ccc(C2CCCC2)cc1)N1CCC(c2ccccc2)C1. The van der Waals surface area contributed by atoms with Crippen molar-refractivity contribution in [1.29, 1.82) is 0 Å². The smallest absolute Gasteiger partial charge is 0.253 e. The quantitative estimate of drug-likeness (QED) is 0.782. The van der Waals surface area contributed by atoms with Crippen molar-refractivity contribution in [3.8, 4) is 0 Å². The van der Waals surface area contributed by atoms with Gasteiger partial charge in [-0.3, -0.25) is 4.79 Å². The zero-order valence-electron chi connectivity index (χ0n) is 14.2. The van der Waals surface area contributed by atoms with Crippen molar-refractivity contribution in [2.75, 3.05) is 13.1 Å².